The Hall–Kier alpha value is -1.98. The van der Waals surface area contributed by atoms with Crippen molar-refractivity contribution in [1.82, 2.24) is 9.88 Å². The number of carbonyl (C=O) groups excluding carboxylic acids is 1. The molecule has 6 heteroatoms. The molecule has 5 nitrogen and oxygen atoms in total. The Labute approximate surface area is 96.9 Å². The predicted molar refractivity (Wildman–Crippen MR) is 55.9 cm³/mol. The summed E-state index contributed by atoms with van der Waals surface area (Å²) in [7, 11) is 0. The van der Waals surface area contributed by atoms with Crippen LogP contribution in [0.3, 0.4) is 0 Å². The van der Waals surface area contributed by atoms with E-state index in [0.717, 1.165) is 25.1 Å². The molecular weight excluding hydrogens is 227 g/mol. The van der Waals surface area contributed by atoms with Gasteiger partial charge in [-0.25, -0.2) is 9.37 Å². The lowest BCUT2D eigenvalue weighted by Crippen LogP contribution is -2.37. The number of carboxylic acid groups (broad SMARTS) is 1. The van der Waals surface area contributed by atoms with Crippen LogP contribution >= 0.6 is 0 Å². The van der Waals surface area contributed by atoms with Gasteiger partial charge in [-0.15, -0.1) is 0 Å². The van der Waals surface area contributed by atoms with E-state index >= 15 is 0 Å². The van der Waals surface area contributed by atoms with Crippen LogP contribution in [-0.2, 0) is 4.79 Å². The maximum absolute atomic E-state index is 12.7. The first-order chi connectivity index (χ1) is 8.08. The van der Waals surface area contributed by atoms with E-state index in [1.54, 1.807) is 0 Å². The molecule has 2 rings (SSSR count). The standard InChI is InChI=1S/C11H11FN2O3/c12-7-1-4-9(13-5-7)11(17)14(6-10(15)16)8-2-3-8/h1,4-5,8H,2-3,6H2,(H,15,16). The number of carbonyl (C=O) groups is 2. The van der Waals surface area contributed by atoms with Crippen molar-refractivity contribution in [3.63, 3.8) is 0 Å². The van der Waals surface area contributed by atoms with Crippen molar-refractivity contribution >= 4 is 11.9 Å². The second-order valence-electron chi connectivity index (χ2n) is 3.92. The fourth-order valence-electron chi connectivity index (χ4n) is 1.55. The smallest absolute Gasteiger partial charge is 0.323 e. The van der Waals surface area contributed by atoms with Crippen LogP contribution in [-0.4, -0.2) is 39.5 Å². The first-order valence-electron chi connectivity index (χ1n) is 5.22. The maximum Gasteiger partial charge on any atom is 0.323 e. The van der Waals surface area contributed by atoms with Crippen molar-refractivity contribution in [2.75, 3.05) is 6.54 Å². The zero-order chi connectivity index (χ0) is 12.4. The molecule has 17 heavy (non-hydrogen) atoms. The minimum Gasteiger partial charge on any atom is -0.480 e. The predicted octanol–water partition coefficient (Wildman–Crippen LogP) is 0.910. The molecule has 1 heterocycles. The van der Waals surface area contributed by atoms with Crippen molar-refractivity contribution in [2.24, 2.45) is 0 Å². The molecule has 0 atom stereocenters. The molecule has 1 aliphatic carbocycles. The van der Waals surface area contributed by atoms with Gasteiger partial charge in [0.1, 0.15) is 18.1 Å². The van der Waals surface area contributed by atoms with E-state index in [2.05, 4.69) is 4.98 Å². The number of rotatable bonds is 4. The Balaban J connectivity index is 2.15. The molecule has 0 saturated heterocycles. The summed E-state index contributed by atoms with van der Waals surface area (Å²) in [5, 5.41) is 8.73. The molecule has 1 fully saturated rings. The van der Waals surface area contributed by atoms with Crippen molar-refractivity contribution < 1.29 is 19.1 Å². The number of carboxylic acids is 1. The molecule has 0 spiro atoms. The fraction of sp³-hybridized carbons (Fsp3) is 0.364. The SMILES string of the molecule is O=C(O)CN(C(=O)c1ccc(F)cn1)C1CC1. The van der Waals surface area contributed by atoms with Gasteiger partial charge in [-0.1, -0.05) is 0 Å². The highest BCUT2D eigenvalue weighted by Crippen LogP contribution is 2.27. The molecule has 0 unspecified atom stereocenters. The van der Waals surface area contributed by atoms with E-state index in [4.69, 9.17) is 5.11 Å². The van der Waals surface area contributed by atoms with Gasteiger partial charge in [-0.3, -0.25) is 9.59 Å². The summed E-state index contributed by atoms with van der Waals surface area (Å²) in [5.41, 5.74) is 0.0690. The molecule has 0 radical (unpaired) electrons. The normalized spacial score (nSPS) is 14.4. The van der Waals surface area contributed by atoms with E-state index in [9.17, 15) is 14.0 Å². The Kier molecular flexibility index (Phi) is 3.03. The van der Waals surface area contributed by atoms with E-state index in [1.165, 1.54) is 11.0 Å². The quantitative estimate of drug-likeness (QED) is 0.846. The second-order valence-corrected chi connectivity index (χ2v) is 3.92. The Morgan fingerprint density at radius 1 is 1.47 bits per heavy atom. The number of hydrogen-bond donors (Lipinski definition) is 1. The summed E-state index contributed by atoms with van der Waals surface area (Å²) in [6.45, 7) is -0.345. The Morgan fingerprint density at radius 3 is 2.65 bits per heavy atom. The summed E-state index contributed by atoms with van der Waals surface area (Å²) in [6.07, 6.45) is 2.56. The van der Waals surface area contributed by atoms with Crippen LogP contribution < -0.4 is 0 Å². The number of nitrogens with zero attached hydrogens (tertiary/aromatic N) is 2. The molecule has 1 aliphatic rings. The Bertz CT molecular complexity index is 443. The van der Waals surface area contributed by atoms with E-state index in [1.807, 2.05) is 0 Å². The average molecular weight is 238 g/mol. The molecule has 1 aromatic heterocycles. The summed E-state index contributed by atoms with van der Waals surface area (Å²) in [4.78, 5) is 27.5. The van der Waals surface area contributed by atoms with Gasteiger partial charge in [-0.05, 0) is 25.0 Å². The molecule has 90 valence electrons. The number of amides is 1. The summed E-state index contributed by atoms with van der Waals surface area (Å²) < 4.78 is 12.7. The third-order valence-corrected chi connectivity index (χ3v) is 2.50. The maximum atomic E-state index is 12.7. The number of hydrogen-bond acceptors (Lipinski definition) is 3. The van der Waals surface area contributed by atoms with E-state index < -0.39 is 17.7 Å². The van der Waals surface area contributed by atoms with Crippen LogP contribution in [0.25, 0.3) is 0 Å². The van der Waals surface area contributed by atoms with Crippen molar-refractivity contribution in [3.8, 4) is 0 Å². The second kappa shape index (κ2) is 4.48. The zero-order valence-corrected chi connectivity index (χ0v) is 8.97. The van der Waals surface area contributed by atoms with E-state index in [-0.39, 0.29) is 18.3 Å². The van der Waals surface area contributed by atoms with Gasteiger partial charge < -0.3 is 10.0 Å². The fourth-order valence-corrected chi connectivity index (χ4v) is 1.55. The first-order valence-corrected chi connectivity index (χ1v) is 5.22. The van der Waals surface area contributed by atoms with Gasteiger partial charge in [0.15, 0.2) is 0 Å². The lowest BCUT2D eigenvalue weighted by Gasteiger charge is -2.19. The number of pyridine rings is 1. The van der Waals surface area contributed by atoms with Crippen LogP contribution in [0.4, 0.5) is 4.39 Å². The highest BCUT2D eigenvalue weighted by molar-refractivity contribution is 5.94. The third kappa shape index (κ3) is 2.77. The molecule has 0 aliphatic heterocycles. The van der Waals surface area contributed by atoms with Gasteiger partial charge in [-0.2, -0.15) is 0 Å². The van der Waals surface area contributed by atoms with Gasteiger partial charge in [0.25, 0.3) is 5.91 Å². The minimum atomic E-state index is -1.06. The van der Waals surface area contributed by atoms with Crippen LogP contribution in [0, 0.1) is 5.82 Å². The molecule has 1 aromatic rings. The molecule has 1 amide bonds. The summed E-state index contributed by atoms with van der Waals surface area (Å²) in [5.74, 6) is -2.06. The monoisotopic (exact) mass is 238 g/mol. The van der Waals surface area contributed by atoms with Crippen molar-refractivity contribution in [2.45, 2.75) is 18.9 Å². The highest BCUT2D eigenvalue weighted by atomic mass is 19.1. The molecule has 0 bridgehead atoms. The molecule has 1 saturated carbocycles. The Morgan fingerprint density at radius 2 is 2.18 bits per heavy atom. The lowest BCUT2D eigenvalue weighted by atomic mass is 10.3. The molecular formula is C11H11FN2O3. The number of aliphatic carboxylic acids is 1. The van der Waals surface area contributed by atoms with Gasteiger partial charge >= 0.3 is 5.97 Å². The lowest BCUT2D eigenvalue weighted by molar-refractivity contribution is -0.137. The number of halogens is 1. The van der Waals surface area contributed by atoms with Crippen LogP contribution in [0.1, 0.15) is 23.3 Å². The van der Waals surface area contributed by atoms with E-state index in [0.29, 0.717) is 0 Å². The highest BCUT2D eigenvalue weighted by Gasteiger charge is 2.34. The first kappa shape index (κ1) is 11.5. The summed E-state index contributed by atoms with van der Waals surface area (Å²) in [6, 6.07) is 2.37. The van der Waals surface area contributed by atoms with Crippen LogP contribution in [0.15, 0.2) is 18.3 Å². The largest absolute Gasteiger partial charge is 0.480 e. The van der Waals surface area contributed by atoms with Gasteiger partial charge in [0, 0.05) is 6.04 Å². The minimum absolute atomic E-state index is 0.0227. The van der Waals surface area contributed by atoms with Gasteiger partial charge in [0.2, 0.25) is 0 Å². The third-order valence-electron chi connectivity index (χ3n) is 2.50. The van der Waals surface area contributed by atoms with Crippen molar-refractivity contribution in [3.05, 3.63) is 29.8 Å². The molecule has 0 aromatic carbocycles. The van der Waals surface area contributed by atoms with Crippen molar-refractivity contribution in [1.29, 1.82) is 0 Å². The number of aromatic nitrogens is 1. The van der Waals surface area contributed by atoms with Gasteiger partial charge in [0.05, 0.1) is 6.20 Å². The molecule has 1 N–H and O–H groups in total. The van der Waals surface area contributed by atoms with Crippen LogP contribution in [0.5, 0.6) is 0 Å². The average Bonchev–Trinajstić information content (AvgIpc) is 3.09. The van der Waals surface area contributed by atoms with Crippen LogP contribution in [0.2, 0.25) is 0 Å². The zero-order valence-electron chi connectivity index (χ0n) is 8.97. The topological polar surface area (TPSA) is 70.5 Å². The summed E-state index contributed by atoms with van der Waals surface area (Å²) >= 11 is 0.